The van der Waals surface area contributed by atoms with Gasteiger partial charge in [-0.2, -0.15) is 13.2 Å². The van der Waals surface area contributed by atoms with Gasteiger partial charge in [-0.3, -0.25) is 0 Å². The van der Waals surface area contributed by atoms with Crippen LogP contribution in [0, 0.1) is 13.8 Å². The minimum Gasteiger partial charge on any atom is -0.492 e. The molecule has 0 spiro atoms. The smallest absolute Gasteiger partial charge is 0.416 e. The van der Waals surface area contributed by atoms with Crippen LogP contribution in [-0.2, 0) is 6.18 Å². The Morgan fingerprint density at radius 1 is 1.00 bits per heavy atom. The molecule has 1 unspecified atom stereocenters. The summed E-state index contributed by atoms with van der Waals surface area (Å²) in [5.41, 5.74) is 8.06. The quantitative estimate of drug-likeness (QED) is 0.908. The lowest BCUT2D eigenvalue weighted by Crippen LogP contribution is -2.19. The number of alkyl halides is 3. The number of ether oxygens (including phenoxy) is 1. The maximum atomic E-state index is 12.5. The molecule has 0 aromatic heterocycles. The van der Waals surface area contributed by atoms with Gasteiger partial charge in [0.2, 0.25) is 0 Å². The molecule has 2 rings (SSSR count). The van der Waals surface area contributed by atoms with E-state index in [9.17, 15) is 13.2 Å². The van der Waals surface area contributed by atoms with E-state index >= 15 is 0 Å². The summed E-state index contributed by atoms with van der Waals surface area (Å²) in [6, 6.07) is 10.2. The monoisotopic (exact) mass is 309 g/mol. The number of hydrogen-bond acceptors (Lipinski definition) is 2. The third-order valence-corrected chi connectivity index (χ3v) is 3.29. The highest BCUT2D eigenvalue weighted by Gasteiger charge is 2.30. The van der Waals surface area contributed by atoms with Gasteiger partial charge in [0.15, 0.2) is 0 Å². The van der Waals surface area contributed by atoms with Crippen LogP contribution in [0.25, 0.3) is 0 Å². The number of aryl methyl sites for hydroxylation is 2. The van der Waals surface area contributed by atoms with E-state index in [1.54, 1.807) is 0 Å². The maximum Gasteiger partial charge on any atom is 0.416 e. The van der Waals surface area contributed by atoms with Crippen LogP contribution in [-0.4, -0.2) is 6.61 Å². The fourth-order valence-electron chi connectivity index (χ4n) is 2.22. The summed E-state index contributed by atoms with van der Waals surface area (Å²) in [5, 5.41) is 0. The van der Waals surface area contributed by atoms with E-state index in [-0.39, 0.29) is 6.61 Å². The molecule has 0 bridgehead atoms. The molecule has 0 fully saturated rings. The van der Waals surface area contributed by atoms with Crippen molar-refractivity contribution >= 4 is 0 Å². The third kappa shape index (κ3) is 4.24. The van der Waals surface area contributed by atoms with Crippen molar-refractivity contribution in [2.45, 2.75) is 26.1 Å². The molecule has 0 aliphatic carbocycles. The Balaban J connectivity index is 2.01. The lowest BCUT2D eigenvalue weighted by molar-refractivity contribution is -0.137. The standard InChI is InChI=1S/C17H18F3NO/c1-11-7-12(2)9-15(8-11)22-10-16(21)13-3-5-14(6-4-13)17(18,19)20/h3-9,16H,10,21H2,1-2H3. The van der Waals surface area contributed by atoms with Crippen LogP contribution in [0.1, 0.15) is 28.3 Å². The van der Waals surface area contributed by atoms with Crippen molar-refractivity contribution in [3.63, 3.8) is 0 Å². The van der Waals surface area contributed by atoms with Gasteiger partial charge in [0, 0.05) is 0 Å². The van der Waals surface area contributed by atoms with E-state index in [2.05, 4.69) is 0 Å². The van der Waals surface area contributed by atoms with Crippen molar-refractivity contribution in [3.8, 4) is 5.75 Å². The van der Waals surface area contributed by atoms with Crippen molar-refractivity contribution in [3.05, 3.63) is 64.7 Å². The Kier molecular flexibility index (Phi) is 4.76. The van der Waals surface area contributed by atoms with Gasteiger partial charge < -0.3 is 10.5 Å². The average molecular weight is 309 g/mol. The summed E-state index contributed by atoms with van der Waals surface area (Å²) in [6.45, 7) is 4.14. The van der Waals surface area contributed by atoms with Crippen LogP contribution < -0.4 is 10.5 Å². The molecule has 0 aliphatic heterocycles. The highest BCUT2D eigenvalue weighted by Crippen LogP contribution is 2.29. The summed E-state index contributed by atoms with van der Waals surface area (Å²) < 4.78 is 43.2. The number of nitrogens with two attached hydrogens (primary N) is 1. The molecule has 0 saturated carbocycles. The number of hydrogen-bond donors (Lipinski definition) is 1. The van der Waals surface area contributed by atoms with Crippen molar-refractivity contribution in [1.82, 2.24) is 0 Å². The molecule has 2 N–H and O–H groups in total. The van der Waals surface area contributed by atoms with Crippen molar-refractivity contribution in [2.75, 3.05) is 6.61 Å². The number of rotatable bonds is 4. The van der Waals surface area contributed by atoms with Gasteiger partial charge in [-0.15, -0.1) is 0 Å². The average Bonchev–Trinajstić information content (AvgIpc) is 2.43. The zero-order chi connectivity index (χ0) is 16.3. The highest BCUT2D eigenvalue weighted by atomic mass is 19.4. The summed E-state index contributed by atoms with van der Waals surface area (Å²) in [4.78, 5) is 0. The van der Waals surface area contributed by atoms with Crippen LogP contribution in [0.2, 0.25) is 0 Å². The van der Waals surface area contributed by atoms with E-state index in [4.69, 9.17) is 10.5 Å². The normalized spacial score (nSPS) is 13.0. The van der Waals surface area contributed by atoms with Crippen LogP contribution in [0.15, 0.2) is 42.5 Å². The molecule has 1 atom stereocenters. The molecule has 2 aromatic rings. The zero-order valence-corrected chi connectivity index (χ0v) is 12.4. The van der Waals surface area contributed by atoms with Crippen LogP contribution >= 0.6 is 0 Å². The molecule has 0 heterocycles. The maximum absolute atomic E-state index is 12.5. The van der Waals surface area contributed by atoms with E-state index in [0.29, 0.717) is 11.3 Å². The summed E-state index contributed by atoms with van der Waals surface area (Å²) in [6.07, 6.45) is -4.34. The van der Waals surface area contributed by atoms with E-state index in [1.807, 2.05) is 32.0 Å². The predicted octanol–water partition coefficient (Wildman–Crippen LogP) is 4.40. The first-order valence-corrected chi connectivity index (χ1v) is 6.89. The second kappa shape index (κ2) is 6.40. The molecule has 0 aliphatic rings. The molecule has 2 nitrogen and oxygen atoms in total. The fourth-order valence-corrected chi connectivity index (χ4v) is 2.22. The third-order valence-electron chi connectivity index (χ3n) is 3.29. The lowest BCUT2D eigenvalue weighted by atomic mass is 10.1. The Labute approximate surface area is 127 Å². The van der Waals surface area contributed by atoms with E-state index < -0.39 is 17.8 Å². The first-order valence-electron chi connectivity index (χ1n) is 6.89. The summed E-state index contributed by atoms with van der Waals surface area (Å²) >= 11 is 0. The summed E-state index contributed by atoms with van der Waals surface area (Å²) in [7, 11) is 0. The Bertz CT molecular complexity index is 615. The largest absolute Gasteiger partial charge is 0.492 e. The van der Waals surface area contributed by atoms with Gasteiger partial charge in [0.25, 0.3) is 0 Å². The van der Waals surface area contributed by atoms with Gasteiger partial charge in [-0.25, -0.2) is 0 Å². The second-order valence-corrected chi connectivity index (χ2v) is 5.36. The minimum absolute atomic E-state index is 0.203. The molecule has 0 saturated heterocycles. The van der Waals surface area contributed by atoms with Gasteiger partial charge >= 0.3 is 6.18 Å². The number of halogens is 3. The predicted molar refractivity (Wildman–Crippen MR) is 79.8 cm³/mol. The second-order valence-electron chi connectivity index (χ2n) is 5.36. The molecule has 118 valence electrons. The molecular formula is C17H18F3NO. The zero-order valence-electron chi connectivity index (χ0n) is 12.4. The minimum atomic E-state index is -4.34. The first-order chi connectivity index (χ1) is 10.3. The Morgan fingerprint density at radius 2 is 1.55 bits per heavy atom. The Hall–Kier alpha value is -2.01. The molecule has 2 aromatic carbocycles. The SMILES string of the molecule is Cc1cc(C)cc(OCC(N)c2ccc(C(F)(F)F)cc2)c1. The van der Waals surface area contributed by atoms with E-state index in [1.165, 1.54) is 12.1 Å². The fraction of sp³-hybridized carbons (Fsp3) is 0.294. The topological polar surface area (TPSA) is 35.2 Å². The van der Waals surface area contributed by atoms with Crippen molar-refractivity contribution in [2.24, 2.45) is 5.73 Å². The van der Waals surface area contributed by atoms with Gasteiger partial charge in [-0.05, 0) is 54.8 Å². The van der Waals surface area contributed by atoms with Gasteiger partial charge in [-0.1, -0.05) is 18.2 Å². The lowest BCUT2D eigenvalue weighted by Gasteiger charge is -2.15. The molecule has 5 heteroatoms. The van der Waals surface area contributed by atoms with Crippen molar-refractivity contribution in [1.29, 1.82) is 0 Å². The molecule has 22 heavy (non-hydrogen) atoms. The number of benzene rings is 2. The highest BCUT2D eigenvalue weighted by molar-refractivity contribution is 5.33. The van der Waals surface area contributed by atoms with Gasteiger partial charge in [0.05, 0.1) is 11.6 Å². The Morgan fingerprint density at radius 3 is 2.05 bits per heavy atom. The molecule has 0 amide bonds. The molecule has 0 radical (unpaired) electrons. The van der Waals surface area contributed by atoms with Crippen LogP contribution in [0.3, 0.4) is 0 Å². The first kappa shape index (κ1) is 16.4. The van der Waals surface area contributed by atoms with E-state index in [0.717, 1.165) is 23.3 Å². The molecular weight excluding hydrogens is 291 g/mol. The van der Waals surface area contributed by atoms with Gasteiger partial charge in [0.1, 0.15) is 12.4 Å². The van der Waals surface area contributed by atoms with Crippen LogP contribution in [0.4, 0.5) is 13.2 Å². The van der Waals surface area contributed by atoms with Crippen molar-refractivity contribution < 1.29 is 17.9 Å². The summed E-state index contributed by atoms with van der Waals surface area (Å²) in [5.74, 6) is 0.708. The van der Waals surface area contributed by atoms with Crippen LogP contribution in [0.5, 0.6) is 5.75 Å².